The molecule has 3 nitrogen and oxygen atoms in total. The van der Waals surface area contributed by atoms with Crippen molar-refractivity contribution in [1.29, 1.82) is 0 Å². The molecule has 1 aliphatic heterocycles. The highest BCUT2D eigenvalue weighted by molar-refractivity contribution is 6.00. The number of carbonyl (C=O) groups excluding carboxylic acids is 1. The van der Waals surface area contributed by atoms with Gasteiger partial charge in [0.2, 0.25) is 0 Å². The molecule has 2 aliphatic rings. The number of fused-ring (bicyclic) bond motifs is 1. The molecule has 102 valence electrons. The van der Waals surface area contributed by atoms with Gasteiger partial charge in [-0.25, -0.2) is 0 Å². The lowest BCUT2D eigenvalue weighted by atomic mass is 9.84. The third-order valence-corrected chi connectivity index (χ3v) is 4.36. The molecule has 0 N–H and O–H groups in total. The average molecular weight is 260 g/mol. The Morgan fingerprint density at radius 3 is 2.68 bits per heavy atom. The molecule has 1 aromatic carbocycles. The van der Waals surface area contributed by atoms with Crippen LogP contribution >= 0.6 is 0 Å². The first kappa shape index (κ1) is 12.5. The fourth-order valence-electron chi connectivity index (χ4n) is 3.45. The third kappa shape index (κ3) is 2.11. The van der Waals surface area contributed by atoms with Gasteiger partial charge in [0.25, 0.3) is 0 Å². The second-order valence-electron chi connectivity index (χ2n) is 6.59. The quantitative estimate of drug-likeness (QED) is 0.773. The summed E-state index contributed by atoms with van der Waals surface area (Å²) >= 11 is 0. The zero-order chi connectivity index (χ0) is 13.7. The maximum Gasteiger partial charge on any atom is 0.170 e. The standard InChI is InChI=1S/C16H20O3/c1-15(2)6-7-16(10-15)9-13(17)12-5-4-11(18-3)8-14(12)19-16/h4-5,8H,6-7,9-10H2,1-3H3. The summed E-state index contributed by atoms with van der Waals surface area (Å²) in [4.78, 5) is 12.3. The van der Waals surface area contributed by atoms with E-state index in [1.807, 2.05) is 18.2 Å². The molecule has 0 amide bonds. The van der Waals surface area contributed by atoms with Gasteiger partial charge < -0.3 is 9.47 Å². The SMILES string of the molecule is COc1ccc2c(c1)OC1(CCC(C)(C)C1)CC2=O. The number of rotatable bonds is 1. The van der Waals surface area contributed by atoms with E-state index in [9.17, 15) is 4.79 Å². The van der Waals surface area contributed by atoms with E-state index in [1.165, 1.54) is 0 Å². The van der Waals surface area contributed by atoms with Gasteiger partial charge in [0.05, 0.1) is 19.1 Å². The predicted octanol–water partition coefficient (Wildman–Crippen LogP) is 3.61. The summed E-state index contributed by atoms with van der Waals surface area (Å²) in [5, 5.41) is 0. The van der Waals surface area contributed by atoms with Crippen LogP contribution in [0, 0.1) is 5.41 Å². The number of benzene rings is 1. The zero-order valence-corrected chi connectivity index (χ0v) is 11.8. The van der Waals surface area contributed by atoms with Crippen LogP contribution in [-0.4, -0.2) is 18.5 Å². The van der Waals surface area contributed by atoms with Crippen LogP contribution in [0.4, 0.5) is 0 Å². The van der Waals surface area contributed by atoms with Gasteiger partial charge in [-0.1, -0.05) is 13.8 Å². The van der Waals surface area contributed by atoms with Crippen molar-refractivity contribution in [3.63, 3.8) is 0 Å². The molecule has 3 rings (SSSR count). The highest BCUT2D eigenvalue weighted by Crippen LogP contribution is 2.50. The maximum absolute atomic E-state index is 12.3. The van der Waals surface area contributed by atoms with Crippen LogP contribution < -0.4 is 9.47 Å². The molecule has 0 radical (unpaired) electrons. The Morgan fingerprint density at radius 1 is 1.26 bits per heavy atom. The summed E-state index contributed by atoms with van der Waals surface area (Å²) in [7, 11) is 1.63. The molecule has 1 spiro atoms. The van der Waals surface area contributed by atoms with E-state index in [2.05, 4.69) is 13.8 Å². The summed E-state index contributed by atoms with van der Waals surface area (Å²) in [6, 6.07) is 5.46. The van der Waals surface area contributed by atoms with E-state index in [1.54, 1.807) is 7.11 Å². The van der Waals surface area contributed by atoms with Gasteiger partial charge in [0, 0.05) is 6.07 Å². The Morgan fingerprint density at radius 2 is 2.05 bits per heavy atom. The van der Waals surface area contributed by atoms with Gasteiger partial charge in [-0.15, -0.1) is 0 Å². The molecular weight excluding hydrogens is 240 g/mol. The summed E-state index contributed by atoms with van der Waals surface area (Å²) in [5.41, 5.74) is 0.660. The van der Waals surface area contributed by atoms with Crippen molar-refractivity contribution in [1.82, 2.24) is 0 Å². The highest BCUT2D eigenvalue weighted by Gasteiger charge is 2.49. The van der Waals surface area contributed by atoms with Crippen LogP contribution in [0.3, 0.4) is 0 Å². The van der Waals surface area contributed by atoms with Gasteiger partial charge in [-0.05, 0) is 36.8 Å². The summed E-state index contributed by atoms with van der Waals surface area (Å²) in [6.07, 6.45) is 3.53. The molecule has 0 bridgehead atoms. The zero-order valence-electron chi connectivity index (χ0n) is 11.8. The molecule has 0 saturated heterocycles. The van der Waals surface area contributed by atoms with E-state index < -0.39 is 0 Å². The van der Waals surface area contributed by atoms with Crippen molar-refractivity contribution < 1.29 is 14.3 Å². The number of carbonyl (C=O) groups is 1. The number of hydrogen-bond donors (Lipinski definition) is 0. The van der Waals surface area contributed by atoms with Gasteiger partial charge in [0.1, 0.15) is 17.1 Å². The molecule has 1 saturated carbocycles. The van der Waals surface area contributed by atoms with Crippen molar-refractivity contribution >= 4 is 5.78 Å². The summed E-state index contributed by atoms with van der Waals surface area (Å²) < 4.78 is 11.4. The smallest absolute Gasteiger partial charge is 0.170 e. The van der Waals surface area contributed by atoms with Crippen molar-refractivity contribution in [3.05, 3.63) is 23.8 Å². The molecule has 1 atom stereocenters. The largest absolute Gasteiger partial charge is 0.497 e. The lowest BCUT2D eigenvalue weighted by Crippen LogP contribution is -2.40. The molecule has 19 heavy (non-hydrogen) atoms. The maximum atomic E-state index is 12.3. The van der Waals surface area contributed by atoms with Crippen LogP contribution in [0.25, 0.3) is 0 Å². The minimum Gasteiger partial charge on any atom is -0.497 e. The van der Waals surface area contributed by atoms with Gasteiger partial charge in [0.15, 0.2) is 5.78 Å². The molecule has 1 heterocycles. The first-order chi connectivity index (χ1) is 8.93. The summed E-state index contributed by atoms with van der Waals surface area (Å²) in [6.45, 7) is 4.49. The average Bonchev–Trinajstić information content (AvgIpc) is 2.63. The Hall–Kier alpha value is -1.51. The minimum atomic E-state index is -0.292. The van der Waals surface area contributed by atoms with Crippen LogP contribution in [0.1, 0.15) is 49.9 Å². The second kappa shape index (κ2) is 3.99. The fraction of sp³-hybridized carbons (Fsp3) is 0.562. The first-order valence-corrected chi connectivity index (χ1v) is 6.83. The van der Waals surface area contributed by atoms with Crippen molar-refractivity contribution in [3.8, 4) is 11.5 Å². The van der Waals surface area contributed by atoms with Crippen LogP contribution in [0.5, 0.6) is 11.5 Å². The number of ether oxygens (including phenoxy) is 2. The Labute approximate surface area is 113 Å². The Bertz CT molecular complexity index is 533. The molecule has 0 aromatic heterocycles. The molecule has 1 unspecified atom stereocenters. The fourth-order valence-corrected chi connectivity index (χ4v) is 3.45. The third-order valence-electron chi connectivity index (χ3n) is 4.36. The van der Waals surface area contributed by atoms with E-state index in [4.69, 9.17) is 9.47 Å². The first-order valence-electron chi connectivity index (χ1n) is 6.83. The van der Waals surface area contributed by atoms with E-state index in [0.717, 1.165) is 25.0 Å². The lowest BCUT2D eigenvalue weighted by molar-refractivity contribution is 0.0384. The molecule has 1 fully saturated rings. The molecular formula is C16H20O3. The van der Waals surface area contributed by atoms with Gasteiger partial charge in [-0.2, -0.15) is 0 Å². The summed E-state index contributed by atoms with van der Waals surface area (Å²) in [5.74, 6) is 1.62. The highest BCUT2D eigenvalue weighted by atomic mass is 16.5. The van der Waals surface area contributed by atoms with Gasteiger partial charge >= 0.3 is 0 Å². The van der Waals surface area contributed by atoms with E-state index >= 15 is 0 Å². The van der Waals surface area contributed by atoms with Crippen molar-refractivity contribution in [2.45, 2.75) is 45.1 Å². The van der Waals surface area contributed by atoms with Gasteiger partial charge in [-0.3, -0.25) is 4.79 Å². The number of ketones is 1. The number of Topliss-reactive ketones (excluding diaryl/α,β-unsaturated/α-hetero) is 1. The number of hydrogen-bond acceptors (Lipinski definition) is 3. The van der Waals surface area contributed by atoms with E-state index in [-0.39, 0.29) is 16.8 Å². The topological polar surface area (TPSA) is 35.5 Å². The van der Waals surface area contributed by atoms with Crippen molar-refractivity contribution in [2.75, 3.05) is 7.11 Å². The monoisotopic (exact) mass is 260 g/mol. The second-order valence-corrected chi connectivity index (χ2v) is 6.59. The molecule has 1 aromatic rings. The molecule has 3 heteroatoms. The lowest BCUT2D eigenvalue weighted by Gasteiger charge is -2.36. The number of methoxy groups -OCH3 is 1. The predicted molar refractivity (Wildman–Crippen MR) is 72.9 cm³/mol. The molecule has 1 aliphatic carbocycles. The van der Waals surface area contributed by atoms with Crippen LogP contribution in [0.15, 0.2) is 18.2 Å². The minimum absolute atomic E-state index is 0.196. The Balaban J connectivity index is 1.97. The van der Waals surface area contributed by atoms with E-state index in [0.29, 0.717) is 17.7 Å². The Kier molecular flexibility index (Phi) is 2.63. The van der Waals surface area contributed by atoms with Crippen LogP contribution in [0.2, 0.25) is 0 Å². The van der Waals surface area contributed by atoms with Crippen molar-refractivity contribution in [2.24, 2.45) is 5.41 Å². The van der Waals surface area contributed by atoms with Crippen LogP contribution in [-0.2, 0) is 0 Å². The normalized spacial score (nSPS) is 28.1.